The zero-order chi connectivity index (χ0) is 30.2. The van der Waals surface area contributed by atoms with E-state index in [1.54, 1.807) is 12.7 Å². The zero-order valence-corrected chi connectivity index (χ0v) is 26.0. The summed E-state index contributed by atoms with van der Waals surface area (Å²) in [6.07, 6.45) is 2.62. The number of imidazole rings is 1. The molecule has 4 heterocycles. The summed E-state index contributed by atoms with van der Waals surface area (Å²) in [4.78, 5) is 22.3. The number of pyridine rings is 1. The van der Waals surface area contributed by atoms with Gasteiger partial charge in [-0.25, -0.2) is 28.7 Å². The molecule has 222 valence electrons. The summed E-state index contributed by atoms with van der Waals surface area (Å²) >= 11 is 0. The van der Waals surface area contributed by atoms with Crippen LogP contribution in [0, 0.1) is 18.6 Å². The number of likely N-dealkylation sites (N-methyl/N-ethyl adjacent to an activating group) is 1. The Bertz CT molecular complexity index is 1630. The number of nitrogens with one attached hydrogen (secondary N) is 1. The molecular formula is C30H38F2N8OP+. The fourth-order valence-electron chi connectivity index (χ4n) is 5.45. The number of hydrogen-bond donors (Lipinski definition) is 1. The van der Waals surface area contributed by atoms with Crippen LogP contribution in [0.3, 0.4) is 0 Å². The Kier molecular flexibility index (Phi) is 8.64. The van der Waals surface area contributed by atoms with Gasteiger partial charge in [-0.3, -0.25) is 4.90 Å². The Morgan fingerprint density at radius 2 is 1.88 bits per heavy atom. The van der Waals surface area contributed by atoms with Gasteiger partial charge in [0.05, 0.1) is 11.7 Å². The molecule has 9 nitrogen and oxygen atoms in total. The summed E-state index contributed by atoms with van der Waals surface area (Å²) in [5, 5.41) is 3.10. The van der Waals surface area contributed by atoms with Crippen LogP contribution in [-0.4, -0.2) is 80.4 Å². The van der Waals surface area contributed by atoms with E-state index in [2.05, 4.69) is 37.1 Å². The van der Waals surface area contributed by atoms with Crippen molar-refractivity contribution in [2.75, 3.05) is 51.4 Å². The van der Waals surface area contributed by atoms with Gasteiger partial charge in [0.1, 0.15) is 29.5 Å². The lowest BCUT2D eigenvalue weighted by atomic mass is 10.1. The number of rotatable bonds is 9. The Labute approximate surface area is 246 Å². The molecule has 1 aromatic carbocycles. The van der Waals surface area contributed by atoms with Crippen LogP contribution in [0.1, 0.15) is 37.9 Å². The first-order valence-electron chi connectivity index (χ1n) is 14.2. The number of aromatic nitrogens is 5. The Hall–Kier alpha value is -3.40. The fraction of sp³-hybridized carbons (Fsp3) is 0.467. The lowest BCUT2D eigenvalue weighted by Crippen LogP contribution is -2.37. The van der Waals surface area contributed by atoms with Crippen LogP contribution in [-0.2, 0) is 23.1 Å². The quantitative estimate of drug-likeness (QED) is 0.246. The monoisotopic (exact) mass is 595 g/mol. The van der Waals surface area contributed by atoms with Gasteiger partial charge in [0.2, 0.25) is 5.95 Å². The molecule has 3 aromatic heterocycles. The minimum Gasteiger partial charge on any atom is -0.323 e. The van der Waals surface area contributed by atoms with E-state index in [0.717, 1.165) is 57.2 Å². The second-order valence-corrected chi connectivity index (χ2v) is 13.7. The molecule has 1 unspecified atom stereocenters. The van der Waals surface area contributed by atoms with E-state index in [9.17, 15) is 8.96 Å². The number of aryl methyl sites for hydroxylation is 1. The molecule has 0 saturated carbocycles. The van der Waals surface area contributed by atoms with Crippen molar-refractivity contribution < 1.29 is 13.3 Å². The van der Waals surface area contributed by atoms with Crippen molar-refractivity contribution in [2.24, 2.45) is 0 Å². The third-order valence-electron chi connectivity index (χ3n) is 7.53. The van der Waals surface area contributed by atoms with Crippen LogP contribution in [0.2, 0.25) is 0 Å². The molecule has 12 heteroatoms. The van der Waals surface area contributed by atoms with Gasteiger partial charge in [0.25, 0.3) is 0 Å². The van der Waals surface area contributed by atoms with Gasteiger partial charge in [-0.15, -0.1) is 0 Å². The fourth-order valence-corrected chi connectivity index (χ4v) is 6.07. The number of halogens is 2. The van der Waals surface area contributed by atoms with E-state index < -0.39 is 19.4 Å². The third kappa shape index (κ3) is 6.64. The predicted molar refractivity (Wildman–Crippen MR) is 163 cm³/mol. The Morgan fingerprint density at radius 3 is 2.62 bits per heavy atom. The van der Waals surface area contributed by atoms with Crippen LogP contribution in [0.5, 0.6) is 0 Å². The molecule has 0 spiro atoms. The summed E-state index contributed by atoms with van der Waals surface area (Å²) in [7, 11) is 0.957. The molecule has 0 saturated heterocycles. The van der Waals surface area contributed by atoms with Gasteiger partial charge < -0.3 is 14.8 Å². The minimum atomic E-state index is -1.11. The highest BCUT2D eigenvalue weighted by molar-refractivity contribution is 7.43. The molecule has 5 rings (SSSR count). The summed E-state index contributed by atoms with van der Waals surface area (Å²) in [5.74, 6) is 0.242. The van der Waals surface area contributed by atoms with Gasteiger partial charge in [0.15, 0.2) is 17.8 Å². The molecule has 0 bridgehead atoms. The van der Waals surface area contributed by atoms with Crippen molar-refractivity contribution >= 4 is 30.6 Å². The van der Waals surface area contributed by atoms with Gasteiger partial charge in [0, 0.05) is 55.9 Å². The second-order valence-electron chi connectivity index (χ2n) is 12.0. The second kappa shape index (κ2) is 12.1. The van der Waals surface area contributed by atoms with E-state index in [0.29, 0.717) is 22.7 Å². The highest BCUT2D eigenvalue weighted by atomic mass is 31.1. The summed E-state index contributed by atoms with van der Waals surface area (Å²) in [6, 6.07) is 6.91. The van der Waals surface area contributed by atoms with Crippen molar-refractivity contribution in [3.05, 3.63) is 59.2 Å². The lowest BCUT2D eigenvalue weighted by Gasteiger charge is -2.29. The normalized spacial score (nSPS) is 14.5. The molecule has 1 N–H and O–H groups in total. The maximum atomic E-state index is 15.1. The maximum absolute atomic E-state index is 15.1. The van der Waals surface area contributed by atoms with E-state index in [1.807, 2.05) is 44.4 Å². The molecule has 4 aromatic rings. The molecule has 0 radical (unpaired) electrons. The molecule has 1 aliphatic rings. The molecule has 1 aliphatic heterocycles. The zero-order valence-electron chi connectivity index (χ0n) is 25.1. The van der Waals surface area contributed by atoms with Crippen LogP contribution in [0.15, 0.2) is 30.5 Å². The van der Waals surface area contributed by atoms with Crippen LogP contribution in [0.25, 0.3) is 22.3 Å². The van der Waals surface area contributed by atoms with Crippen molar-refractivity contribution in [3.63, 3.8) is 0 Å². The Balaban J connectivity index is 1.32. The largest absolute Gasteiger partial charge is 0.336 e. The predicted octanol–water partition coefficient (Wildman–Crippen LogP) is 5.72. The molecule has 0 amide bonds. The topological polar surface area (TPSA) is 92.1 Å². The van der Waals surface area contributed by atoms with Crippen molar-refractivity contribution in [3.8, 4) is 11.3 Å². The van der Waals surface area contributed by atoms with Gasteiger partial charge in [-0.2, -0.15) is 0 Å². The standard InChI is InChI=1S/C30H38F2N8OP/c1-19-34-28-22(31)15-21(16-25(28)40(19)30(2,3)4)27-23(32)17-33-29(37-27)36-26-8-7-20-18-39(10-9-24(20)35-26)12-11-38(5)13-14-42(6)41/h7-8,15-17H,9-14,18H2,1-6H3,(H,33,35,36,37)/q+1. The highest BCUT2D eigenvalue weighted by Gasteiger charge is 2.23. The molecule has 0 fully saturated rings. The van der Waals surface area contributed by atoms with Crippen molar-refractivity contribution in [2.45, 2.75) is 46.2 Å². The first-order chi connectivity index (χ1) is 19.9. The van der Waals surface area contributed by atoms with Crippen molar-refractivity contribution in [1.82, 2.24) is 34.3 Å². The van der Waals surface area contributed by atoms with Crippen LogP contribution in [0.4, 0.5) is 20.5 Å². The molecule has 0 aliphatic carbocycles. The third-order valence-corrected chi connectivity index (χ3v) is 8.36. The number of nitrogens with zero attached hydrogens (tertiary/aromatic N) is 7. The lowest BCUT2D eigenvalue weighted by molar-refractivity contribution is 0.214. The van der Waals surface area contributed by atoms with E-state index in [-0.39, 0.29) is 22.7 Å². The van der Waals surface area contributed by atoms with E-state index in [1.165, 1.54) is 11.6 Å². The average molecular weight is 596 g/mol. The minimum absolute atomic E-state index is 0.00279. The molecule has 42 heavy (non-hydrogen) atoms. The first kappa shape index (κ1) is 30.1. The van der Waals surface area contributed by atoms with Crippen LogP contribution >= 0.6 is 7.80 Å². The maximum Gasteiger partial charge on any atom is 0.336 e. The average Bonchev–Trinajstić information content (AvgIpc) is 3.28. The Morgan fingerprint density at radius 1 is 1.10 bits per heavy atom. The van der Waals surface area contributed by atoms with Gasteiger partial charge in [-0.05, 0) is 58.5 Å². The molecular weight excluding hydrogens is 557 g/mol. The summed E-state index contributed by atoms with van der Waals surface area (Å²) in [5.41, 5.74) is 2.96. The summed E-state index contributed by atoms with van der Waals surface area (Å²) < 4.78 is 43.5. The number of anilines is 2. The van der Waals surface area contributed by atoms with Gasteiger partial charge >= 0.3 is 7.80 Å². The highest BCUT2D eigenvalue weighted by Crippen LogP contribution is 2.32. The van der Waals surface area contributed by atoms with Crippen molar-refractivity contribution in [1.29, 1.82) is 0 Å². The first-order valence-corrected chi connectivity index (χ1v) is 16.0. The smallest absolute Gasteiger partial charge is 0.323 e. The van der Waals surface area contributed by atoms with E-state index >= 15 is 4.39 Å². The number of fused-ring (bicyclic) bond motifs is 2. The SMILES string of the molecule is Cc1nc2c(F)cc(-c3nc(Nc4ccc5c(n4)CCN(CCN(C)CC[P+](C)=O)C5)ncc3F)cc2n1C(C)(C)C. The number of benzene rings is 1. The molecule has 1 atom stereocenters. The van der Waals surface area contributed by atoms with E-state index in [4.69, 9.17) is 4.98 Å². The number of hydrogen-bond acceptors (Lipinski definition) is 8. The summed E-state index contributed by atoms with van der Waals surface area (Å²) in [6.45, 7) is 14.1. The van der Waals surface area contributed by atoms with Crippen LogP contribution < -0.4 is 5.32 Å². The van der Waals surface area contributed by atoms with Gasteiger partial charge in [-0.1, -0.05) is 10.6 Å².